The van der Waals surface area contributed by atoms with E-state index in [1.807, 2.05) is 54.6 Å². The second-order valence-electron chi connectivity index (χ2n) is 8.87. The molecule has 4 nitrogen and oxygen atoms in total. The van der Waals surface area contributed by atoms with E-state index in [1.165, 1.54) is 11.6 Å². The van der Waals surface area contributed by atoms with E-state index >= 15 is 0 Å². The Bertz CT molecular complexity index is 1250. The number of halogens is 1. The Morgan fingerprint density at radius 2 is 1.85 bits per heavy atom. The van der Waals surface area contributed by atoms with Gasteiger partial charge in [0.05, 0.1) is 17.8 Å². The van der Waals surface area contributed by atoms with Crippen LogP contribution >= 0.6 is 0 Å². The van der Waals surface area contributed by atoms with Crippen LogP contribution in [0.1, 0.15) is 48.1 Å². The molecule has 0 amide bonds. The summed E-state index contributed by atoms with van der Waals surface area (Å²) in [6, 6.07) is 20.8. The molecule has 2 atom stereocenters. The third-order valence-electron chi connectivity index (χ3n) is 6.79. The van der Waals surface area contributed by atoms with Crippen molar-refractivity contribution in [2.75, 3.05) is 19.6 Å². The standard InChI is InChI=1S/C29H29FN2O2/c30-26-12-11-23(29-24(26)15-20-34-29)21-9-6-17-32(18-13-21)19-14-25(27-10-4-5-16-31-27)28(33)22-7-2-1-3-8-22/h1-5,7-12,15-16,20,25,28,33H,6,13-14,17-19H2. The van der Waals surface area contributed by atoms with Crippen LogP contribution in [0.3, 0.4) is 0 Å². The van der Waals surface area contributed by atoms with Gasteiger partial charge in [-0.3, -0.25) is 4.98 Å². The maximum absolute atomic E-state index is 14.1. The van der Waals surface area contributed by atoms with Crippen LogP contribution in [0, 0.1) is 5.82 Å². The van der Waals surface area contributed by atoms with Crippen LogP contribution < -0.4 is 0 Å². The van der Waals surface area contributed by atoms with Crippen LogP contribution in [0.2, 0.25) is 0 Å². The molecule has 34 heavy (non-hydrogen) atoms. The van der Waals surface area contributed by atoms with E-state index in [0.29, 0.717) is 11.0 Å². The number of furan rings is 1. The lowest BCUT2D eigenvalue weighted by molar-refractivity contribution is 0.129. The second-order valence-corrected chi connectivity index (χ2v) is 8.87. The molecule has 4 aromatic rings. The van der Waals surface area contributed by atoms with E-state index in [-0.39, 0.29) is 11.7 Å². The van der Waals surface area contributed by atoms with Crippen molar-refractivity contribution in [2.24, 2.45) is 0 Å². The topological polar surface area (TPSA) is 49.5 Å². The zero-order valence-corrected chi connectivity index (χ0v) is 19.1. The van der Waals surface area contributed by atoms with E-state index in [2.05, 4.69) is 16.0 Å². The molecule has 174 valence electrons. The summed E-state index contributed by atoms with van der Waals surface area (Å²) in [5.74, 6) is -0.333. The SMILES string of the molecule is OC(c1ccccc1)C(CCN1CCC=C(c2ccc(F)c3ccoc23)CC1)c1ccccn1. The van der Waals surface area contributed by atoms with Crippen molar-refractivity contribution in [2.45, 2.75) is 31.3 Å². The molecule has 0 bridgehead atoms. The summed E-state index contributed by atoms with van der Waals surface area (Å²) in [4.78, 5) is 7.01. The van der Waals surface area contributed by atoms with E-state index in [9.17, 15) is 9.50 Å². The predicted octanol–water partition coefficient (Wildman–Crippen LogP) is 6.35. The summed E-state index contributed by atoms with van der Waals surface area (Å²) >= 11 is 0. The fraction of sp³-hybridized carbons (Fsp3) is 0.276. The fourth-order valence-electron chi connectivity index (χ4n) is 4.93. The minimum absolute atomic E-state index is 0.0841. The van der Waals surface area contributed by atoms with Crippen molar-refractivity contribution >= 4 is 16.5 Å². The van der Waals surface area contributed by atoms with Gasteiger partial charge >= 0.3 is 0 Å². The Labute approximate surface area is 199 Å². The van der Waals surface area contributed by atoms with Crippen LogP contribution in [-0.2, 0) is 0 Å². The van der Waals surface area contributed by atoms with Crippen LogP contribution in [0.5, 0.6) is 0 Å². The minimum Gasteiger partial charge on any atom is -0.464 e. The van der Waals surface area contributed by atoms with Gasteiger partial charge in [0.15, 0.2) is 0 Å². The summed E-state index contributed by atoms with van der Waals surface area (Å²) in [7, 11) is 0. The quantitative estimate of drug-likeness (QED) is 0.352. The zero-order valence-electron chi connectivity index (χ0n) is 19.1. The number of rotatable bonds is 7. The van der Waals surface area contributed by atoms with Crippen LogP contribution in [0.15, 0.2) is 89.7 Å². The molecule has 3 heterocycles. The molecule has 2 aromatic heterocycles. The lowest BCUT2D eigenvalue weighted by Gasteiger charge is -2.27. The summed E-state index contributed by atoms with van der Waals surface area (Å²) in [5.41, 5.74) is 4.64. The molecule has 2 unspecified atom stereocenters. The minimum atomic E-state index is -0.608. The van der Waals surface area contributed by atoms with Crippen molar-refractivity contribution in [3.05, 3.63) is 108 Å². The summed E-state index contributed by atoms with van der Waals surface area (Å²) in [5, 5.41) is 11.7. The number of benzene rings is 2. The van der Waals surface area contributed by atoms with Gasteiger partial charge in [0.1, 0.15) is 11.4 Å². The molecule has 0 saturated heterocycles. The molecule has 0 spiro atoms. The third-order valence-corrected chi connectivity index (χ3v) is 6.79. The Morgan fingerprint density at radius 1 is 1.00 bits per heavy atom. The first-order chi connectivity index (χ1) is 16.7. The van der Waals surface area contributed by atoms with Crippen LogP contribution in [0.4, 0.5) is 4.39 Å². The summed E-state index contributed by atoms with van der Waals surface area (Å²) in [6.45, 7) is 2.72. The molecule has 5 heteroatoms. The number of aliphatic hydroxyl groups excluding tert-OH is 1. The number of nitrogens with zero attached hydrogens (tertiary/aromatic N) is 2. The zero-order chi connectivity index (χ0) is 23.3. The van der Waals surface area contributed by atoms with Crippen molar-refractivity contribution in [3.63, 3.8) is 0 Å². The van der Waals surface area contributed by atoms with Gasteiger partial charge in [-0.2, -0.15) is 0 Å². The molecule has 5 rings (SSSR count). The highest BCUT2D eigenvalue weighted by Gasteiger charge is 2.25. The first kappa shape index (κ1) is 22.5. The van der Waals surface area contributed by atoms with Gasteiger partial charge < -0.3 is 14.4 Å². The van der Waals surface area contributed by atoms with Gasteiger partial charge in [-0.1, -0.05) is 42.5 Å². The Morgan fingerprint density at radius 3 is 2.68 bits per heavy atom. The normalized spacial score (nSPS) is 16.7. The number of hydrogen-bond acceptors (Lipinski definition) is 4. The lowest BCUT2D eigenvalue weighted by Crippen LogP contribution is -2.28. The highest BCUT2D eigenvalue weighted by atomic mass is 19.1. The number of aliphatic hydroxyl groups is 1. The summed E-state index contributed by atoms with van der Waals surface area (Å²) in [6.07, 6.45) is 7.59. The van der Waals surface area contributed by atoms with E-state index in [0.717, 1.165) is 55.7 Å². The van der Waals surface area contributed by atoms with Crippen LogP contribution in [0.25, 0.3) is 16.5 Å². The number of hydrogen-bond donors (Lipinski definition) is 1. The molecule has 1 aliphatic rings. The maximum atomic E-state index is 14.1. The average molecular weight is 457 g/mol. The summed E-state index contributed by atoms with van der Waals surface area (Å²) < 4.78 is 19.7. The highest BCUT2D eigenvalue weighted by Crippen LogP contribution is 2.34. The molecule has 1 N–H and O–H groups in total. The number of fused-ring (bicyclic) bond motifs is 1. The maximum Gasteiger partial charge on any atom is 0.144 e. The fourth-order valence-corrected chi connectivity index (χ4v) is 4.93. The molecule has 0 aliphatic carbocycles. The van der Waals surface area contributed by atoms with Crippen molar-refractivity contribution < 1.29 is 13.9 Å². The van der Waals surface area contributed by atoms with Gasteiger partial charge in [-0.25, -0.2) is 4.39 Å². The Hall–Kier alpha value is -3.28. The monoisotopic (exact) mass is 456 g/mol. The molecular weight excluding hydrogens is 427 g/mol. The second kappa shape index (κ2) is 10.3. The van der Waals surface area contributed by atoms with E-state index in [4.69, 9.17) is 4.42 Å². The van der Waals surface area contributed by atoms with Gasteiger partial charge in [0.2, 0.25) is 0 Å². The Balaban J connectivity index is 1.28. The highest BCUT2D eigenvalue weighted by molar-refractivity contribution is 5.90. The van der Waals surface area contributed by atoms with Gasteiger partial charge in [-0.05, 0) is 67.3 Å². The number of aromatic nitrogens is 1. The van der Waals surface area contributed by atoms with Crippen LogP contribution in [-0.4, -0.2) is 34.6 Å². The van der Waals surface area contributed by atoms with Gasteiger partial charge in [0, 0.05) is 36.5 Å². The molecule has 0 fully saturated rings. The first-order valence-electron chi connectivity index (χ1n) is 11.9. The predicted molar refractivity (Wildman–Crippen MR) is 133 cm³/mol. The van der Waals surface area contributed by atoms with E-state index in [1.54, 1.807) is 18.5 Å². The molecular formula is C29H29FN2O2. The first-order valence-corrected chi connectivity index (χ1v) is 11.9. The van der Waals surface area contributed by atoms with Crippen molar-refractivity contribution in [1.29, 1.82) is 0 Å². The smallest absolute Gasteiger partial charge is 0.144 e. The Kier molecular flexibility index (Phi) is 6.84. The largest absolute Gasteiger partial charge is 0.464 e. The molecule has 0 radical (unpaired) electrons. The lowest BCUT2D eigenvalue weighted by atomic mass is 9.89. The van der Waals surface area contributed by atoms with Gasteiger partial charge in [-0.15, -0.1) is 0 Å². The third kappa shape index (κ3) is 4.81. The average Bonchev–Trinajstić information content (AvgIpc) is 3.27. The number of pyridine rings is 1. The molecule has 0 saturated carbocycles. The van der Waals surface area contributed by atoms with Crippen molar-refractivity contribution in [3.8, 4) is 0 Å². The molecule has 2 aromatic carbocycles. The van der Waals surface area contributed by atoms with Gasteiger partial charge in [0.25, 0.3) is 0 Å². The van der Waals surface area contributed by atoms with E-state index < -0.39 is 6.10 Å². The van der Waals surface area contributed by atoms with Crippen molar-refractivity contribution in [1.82, 2.24) is 9.88 Å². The molecule has 1 aliphatic heterocycles.